The summed E-state index contributed by atoms with van der Waals surface area (Å²) in [5.41, 5.74) is 18.7. The standard InChI is InChI=1S/C64H44N2/c1-4-17-45(18-5-1)53-40-54(46-19-6-2-7-20-46)42-55(41-53)48-33-36-57(37-34-48)65(59-38-35-47-21-10-11-22-50(47)43-59)58-28-15-24-51(44-58)49-23-14-25-52(39-49)60-30-16-32-63-64(60)61-29-12-13-31-62(61)66(63)56-26-8-3-9-27-56/h1-44H. The van der Waals surface area contributed by atoms with Crippen LogP contribution >= 0.6 is 0 Å². The van der Waals surface area contributed by atoms with E-state index < -0.39 is 0 Å². The van der Waals surface area contributed by atoms with Gasteiger partial charge in [-0.1, -0.05) is 182 Å². The first-order chi connectivity index (χ1) is 32.7. The van der Waals surface area contributed by atoms with E-state index in [1.807, 2.05) is 0 Å². The summed E-state index contributed by atoms with van der Waals surface area (Å²) in [6.45, 7) is 0. The zero-order valence-electron chi connectivity index (χ0n) is 36.3. The lowest BCUT2D eigenvalue weighted by atomic mass is 9.93. The largest absolute Gasteiger partial charge is 0.310 e. The second-order valence-electron chi connectivity index (χ2n) is 17.0. The van der Waals surface area contributed by atoms with E-state index in [1.165, 1.54) is 82.6 Å². The molecule has 0 atom stereocenters. The predicted octanol–water partition coefficient (Wildman–Crippen LogP) is 17.7. The summed E-state index contributed by atoms with van der Waals surface area (Å²) in [6, 6.07) is 96.9. The average Bonchev–Trinajstić information content (AvgIpc) is 3.74. The van der Waals surface area contributed by atoms with Crippen molar-refractivity contribution in [1.29, 1.82) is 0 Å². The molecule has 1 aromatic heterocycles. The van der Waals surface area contributed by atoms with Gasteiger partial charge in [0.05, 0.1) is 11.0 Å². The first-order valence-corrected chi connectivity index (χ1v) is 22.7. The molecule has 11 aromatic carbocycles. The fourth-order valence-corrected chi connectivity index (χ4v) is 9.76. The molecule has 0 aliphatic rings. The Labute approximate surface area is 385 Å². The maximum Gasteiger partial charge on any atom is 0.0547 e. The number of para-hydroxylation sites is 2. The Morgan fingerprint density at radius 3 is 1.45 bits per heavy atom. The topological polar surface area (TPSA) is 8.17 Å². The molecule has 2 nitrogen and oxygen atoms in total. The average molecular weight is 841 g/mol. The number of aromatic nitrogens is 1. The van der Waals surface area contributed by atoms with Crippen molar-refractivity contribution in [2.75, 3.05) is 4.90 Å². The number of benzene rings is 11. The number of anilines is 3. The van der Waals surface area contributed by atoms with Crippen LogP contribution in [-0.4, -0.2) is 4.57 Å². The molecule has 310 valence electrons. The molecule has 12 rings (SSSR count). The van der Waals surface area contributed by atoms with Crippen LogP contribution in [0.15, 0.2) is 267 Å². The first-order valence-electron chi connectivity index (χ1n) is 22.7. The minimum atomic E-state index is 1.09. The van der Waals surface area contributed by atoms with Gasteiger partial charge in [-0.3, -0.25) is 0 Å². The number of fused-ring (bicyclic) bond motifs is 4. The molecule has 66 heavy (non-hydrogen) atoms. The third-order valence-corrected chi connectivity index (χ3v) is 12.9. The van der Waals surface area contributed by atoms with Crippen molar-refractivity contribution in [3.63, 3.8) is 0 Å². The molecule has 0 N–H and O–H groups in total. The Balaban J connectivity index is 0.953. The Morgan fingerprint density at radius 2 is 0.742 bits per heavy atom. The molecule has 0 aliphatic heterocycles. The quantitative estimate of drug-likeness (QED) is 0.141. The van der Waals surface area contributed by atoms with Gasteiger partial charge < -0.3 is 9.47 Å². The Bertz CT molecular complexity index is 3620. The van der Waals surface area contributed by atoms with Gasteiger partial charge in [0, 0.05) is 33.5 Å². The first kappa shape index (κ1) is 38.9. The highest BCUT2D eigenvalue weighted by Crippen LogP contribution is 2.42. The van der Waals surface area contributed by atoms with Crippen molar-refractivity contribution in [3.05, 3.63) is 267 Å². The van der Waals surface area contributed by atoms with Crippen LogP contribution in [0.4, 0.5) is 17.1 Å². The van der Waals surface area contributed by atoms with Crippen LogP contribution in [0.2, 0.25) is 0 Å². The Hall–Kier alpha value is -8.72. The van der Waals surface area contributed by atoms with E-state index in [9.17, 15) is 0 Å². The summed E-state index contributed by atoms with van der Waals surface area (Å²) < 4.78 is 2.39. The SMILES string of the molecule is c1ccc(-c2cc(-c3ccccc3)cc(-c3ccc(N(c4cccc(-c5cccc(-c6cccc7c6c6ccccc6n7-c6ccccc6)c5)c4)c4ccc5ccccc5c4)cc3)c2)cc1. The third kappa shape index (κ3) is 7.21. The van der Waals surface area contributed by atoms with Gasteiger partial charge in [-0.25, -0.2) is 0 Å². The summed E-state index contributed by atoms with van der Waals surface area (Å²) in [7, 11) is 0. The molecule has 2 heteroatoms. The molecule has 0 aliphatic carbocycles. The highest BCUT2D eigenvalue weighted by molar-refractivity contribution is 6.16. The van der Waals surface area contributed by atoms with Crippen molar-refractivity contribution < 1.29 is 0 Å². The number of nitrogens with zero attached hydrogens (tertiary/aromatic N) is 2. The van der Waals surface area contributed by atoms with Crippen molar-refractivity contribution in [2.45, 2.75) is 0 Å². The lowest BCUT2D eigenvalue weighted by Crippen LogP contribution is -2.10. The molecular formula is C64H44N2. The summed E-state index contributed by atoms with van der Waals surface area (Å²) >= 11 is 0. The molecule has 12 aromatic rings. The summed E-state index contributed by atoms with van der Waals surface area (Å²) in [4.78, 5) is 2.39. The maximum absolute atomic E-state index is 2.39. The van der Waals surface area contributed by atoms with Gasteiger partial charge in [-0.05, 0) is 151 Å². The fraction of sp³-hybridized carbons (Fsp3) is 0. The van der Waals surface area contributed by atoms with E-state index in [0.29, 0.717) is 0 Å². The van der Waals surface area contributed by atoms with Gasteiger partial charge in [-0.2, -0.15) is 0 Å². The van der Waals surface area contributed by atoms with E-state index in [2.05, 4.69) is 276 Å². The predicted molar refractivity (Wildman–Crippen MR) is 280 cm³/mol. The van der Waals surface area contributed by atoms with Gasteiger partial charge in [0.25, 0.3) is 0 Å². The summed E-state index contributed by atoms with van der Waals surface area (Å²) in [5, 5.41) is 4.93. The van der Waals surface area contributed by atoms with Crippen LogP contribution in [-0.2, 0) is 0 Å². The number of hydrogen-bond donors (Lipinski definition) is 0. The molecule has 0 saturated carbocycles. The van der Waals surface area contributed by atoms with Crippen LogP contribution in [0, 0.1) is 0 Å². The highest BCUT2D eigenvalue weighted by Gasteiger charge is 2.18. The third-order valence-electron chi connectivity index (χ3n) is 12.9. The monoisotopic (exact) mass is 840 g/mol. The molecule has 0 fully saturated rings. The lowest BCUT2D eigenvalue weighted by Gasteiger charge is -2.26. The van der Waals surface area contributed by atoms with Crippen molar-refractivity contribution >= 4 is 49.6 Å². The van der Waals surface area contributed by atoms with E-state index in [1.54, 1.807) is 0 Å². The van der Waals surface area contributed by atoms with Crippen molar-refractivity contribution in [3.8, 4) is 61.3 Å². The highest BCUT2D eigenvalue weighted by atomic mass is 15.1. The van der Waals surface area contributed by atoms with Crippen LogP contribution in [0.3, 0.4) is 0 Å². The van der Waals surface area contributed by atoms with Gasteiger partial charge in [0.2, 0.25) is 0 Å². The minimum Gasteiger partial charge on any atom is -0.310 e. The second kappa shape index (κ2) is 16.8. The van der Waals surface area contributed by atoms with Crippen LogP contribution in [0.25, 0.3) is 93.9 Å². The van der Waals surface area contributed by atoms with Crippen molar-refractivity contribution in [1.82, 2.24) is 4.57 Å². The summed E-state index contributed by atoms with van der Waals surface area (Å²) in [6.07, 6.45) is 0. The number of rotatable bonds is 9. The molecule has 0 amide bonds. The van der Waals surface area contributed by atoms with Gasteiger partial charge >= 0.3 is 0 Å². The van der Waals surface area contributed by atoms with Gasteiger partial charge in [-0.15, -0.1) is 0 Å². The number of hydrogen-bond acceptors (Lipinski definition) is 1. The Morgan fingerprint density at radius 1 is 0.258 bits per heavy atom. The van der Waals surface area contributed by atoms with E-state index in [0.717, 1.165) is 28.3 Å². The van der Waals surface area contributed by atoms with Crippen molar-refractivity contribution in [2.24, 2.45) is 0 Å². The second-order valence-corrected chi connectivity index (χ2v) is 17.0. The normalized spacial score (nSPS) is 11.3. The van der Waals surface area contributed by atoms with Crippen LogP contribution in [0.1, 0.15) is 0 Å². The molecule has 0 unspecified atom stereocenters. The maximum atomic E-state index is 2.39. The molecule has 0 saturated heterocycles. The zero-order chi connectivity index (χ0) is 43.8. The van der Waals surface area contributed by atoms with E-state index in [-0.39, 0.29) is 0 Å². The van der Waals surface area contributed by atoms with Gasteiger partial charge in [0.1, 0.15) is 0 Å². The smallest absolute Gasteiger partial charge is 0.0547 e. The lowest BCUT2D eigenvalue weighted by molar-refractivity contribution is 1.18. The van der Waals surface area contributed by atoms with E-state index >= 15 is 0 Å². The fourth-order valence-electron chi connectivity index (χ4n) is 9.76. The Kier molecular flexibility index (Phi) is 9.89. The molecule has 0 radical (unpaired) electrons. The van der Waals surface area contributed by atoms with E-state index in [4.69, 9.17) is 0 Å². The van der Waals surface area contributed by atoms with Crippen LogP contribution in [0.5, 0.6) is 0 Å². The molecule has 0 bridgehead atoms. The zero-order valence-corrected chi connectivity index (χ0v) is 36.3. The van der Waals surface area contributed by atoms with Gasteiger partial charge in [0.15, 0.2) is 0 Å². The minimum absolute atomic E-state index is 1.09. The summed E-state index contributed by atoms with van der Waals surface area (Å²) in [5.74, 6) is 0. The molecule has 0 spiro atoms. The molecule has 1 heterocycles. The van der Waals surface area contributed by atoms with Crippen LogP contribution < -0.4 is 4.90 Å². The molecular weight excluding hydrogens is 797 g/mol.